The molecule has 5 nitrogen and oxygen atoms in total. The fraction of sp³-hybridized carbons (Fsp3) is 0.185. The van der Waals surface area contributed by atoms with Crippen LogP contribution in [0.2, 0.25) is 0 Å². The molecule has 168 valence electrons. The molecule has 1 N–H and O–H groups in total. The van der Waals surface area contributed by atoms with Crippen LogP contribution in [0.25, 0.3) is 5.76 Å². The number of carbonyl (C=O) groups is 2. The molecule has 4 rings (SSSR count). The average molecular weight is 506 g/mol. The molecule has 1 aliphatic heterocycles. The van der Waals surface area contributed by atoms with Crippen LogP contribution >= 0.6 is 15.9 Å². The van der Waals surface area contributed by atoms with Crippen molar-refractivity contribution >= 4 is 39.1 Å². The Hall–Kier alpha value is -3.38. The predicted octanol–water partition coefficient (Wildman–Crippen LogP) is 6.09. The van der Waals surface area contributed by atoms with Crippen LogP contribution in [-0.2, 0) is 9.59 Å². The standard InChI is InChI=1S/C27H24BrNO4/c1-4-33-20-12-10-19(11-13-20)29-24(21-8-6-5-7-16(21)2)23(26(31)27(29)32)25(30)18-9-14-22(28)17(3)15-18/h5-15,24,30H,4H2,1-3H3/b25-23+. The van der Waals surface area contributed by atoms with Gasteiger partial charge in [-0.1, -0.05) is 46.3 Å². The maximum absolute atomic E-state index is 13.3. The van der Waals surface area contributed by atoms with E-state index in [0.717, 1.165) is 21.2 Å². The molecular formula is C27H24BrNO4. The molecule has 1 fully saturated rings. The Kier molecular flexibility index (Phi) is 6.38. The van der Waals surface area contributed by atoms with Gasteiger partial charge in [0, 0.05) is 15.7 Å². The number of amides is 1. The van der Waals surface area contributed by atoms with Crippen LogP contribution < -0.4 is 9.64 Å². The lowest BCUT2D eigenvalue weighted by molar-refractivity contribution is -0.132. The van der Waals surface area contributed by atoms with Gasteiger partial charge in [0.2, 0.25) is 0 Å². The molecule has 3 aromatic carbocycles. The number of ether oxygens (including phenoxy) is 1. The Morgan fingerprint density at radius 2 is 1.70 bits per heavy atom. The largest absolute Gasteiger partial charge is 0.507 e. The van der Waals surface area contributed by atoms with Gasteiger partial charge in [-0.3, -0.25) is 14.5 Å². The molecule has 1 aliphatic rings. The molecule has 0 spiro atoms. The average Bonchev–Trinajstić information content (AvgIpc) is 3.06. The van der Waals surface area contributed by atoms with E-state index in [9.17, 15) is 14.7 Å². The number of hydrogen-bond acceptors (Lipinski definition) is 4. The van der Waals surface area contributed by atoms with Gasteiger partial charge in [0.15, 0.2) is 0 Å². The first-order chi connectivity index (χ1) is 15.8. The number of aliphatic hydroxyl groups is 1. The Balaban J connectivity index is 1.92. The normalized spacial score (nSPS) is 17.5. The lowest BCUT2D eigenvalue weighted by atomic mass is 9.92. The highest BCUT2D eigenvalue weighted by Gasteiger charge is 2.47. The summed E-state index contributed by atoms with van der Waals surface area (Å²) in [5.41, 5.74) is 3.72. The number of Topliss-reactive ketones (excluding diaryl/α,β-unsaturated/α-hetero) is 1. The first-order valence-electron chi connectivity index (χ1n) is 10.7. The third-order valence-corrected chi connectivity index (χ3v) is 6.67. The van der Waals surface area contributed by atoms with E-state index in [2.05, 4.69) is 15.9 Å². The lowest BCUT2D eigenvalue weighted by Crippen LogP contribution is -2.29. The van der Waals surface area contributed by atoms with Gasteiger partial charge in [0.1, 0.15) is 11.5 Å². The zero-order valence-corrected chi connectivity index (χ0v) is 20.2. The molecule has 0 bridgehead atoms. The molecule has 6 heteroatoms. The summed E-state index contributed by atoms with van der Waals surface area (Å²) in [6.07, 6.45) is 0. The molecule has 1 unspecified atom stereocenters. The summed E-state index contributed by atoms with van der Waals surface area (Å²) in [4.78, 5) is 28.0. The summed E-state index contributed by atoms with van der Waals surface area (Å²) in [5, 5.41) is 11.3. The molecular weight excluding hydrogens is 482 g/mol. The van der Waals surface area contributed by atoms with Gasteiger partial charge < -0.3 is 9.84 Å². The third-order valence-electron chi connectivity index (χ3n) is 5.78. The van der Waals surface area contributed by atoms with E-state index in [1.54, 1.807) is 36.4 Å². The van der Waals surface area contributed by atoms with Crippen LogP contribution in [-0.4, -0.2) is 23.4 Å². The van der Waals surface area contributed by atoms with Crippen molar-refractivity contribution in [2.75, 3.05) is 11.5 Å². The lowest BCUT2D eigenvalue weighted by Gasteiger charge is -2.26. The second kappa shape index (κ2) is 9.24. The van der Waals surface area contributed by atoms with Crippen molar-refractivity contribution in [1.29, 1.82) is 0 Å². The molecule has 0 aromatic heterocycles. The molecule has 1 atom stereocenters. The summed E-state index contributed by atoms with van der Waals surface area (Å²) in [7, 11) is 0. The van der Waals surface area contributed by atoms with Crippen LogP contribution in [0.4, 0.5) is 5.69 Å². The van der Waals surface area contributed by atoms with Crippen LogP contribution in [0, 0.1) is 13.8 Å². The van der Waals surface area contributed by atoms with E-state index in [0.29, 0.717) is 23.6 Å². The highest BCUT2D eigenvalue weighted by molar-refractivity contribution is 9.10. The SMILES string of the molecule is CCOc1ccc(N2C(=O)C(=O)/C(=C(/O)c3ccc(Br)c(C)c3)C2c2ccccc2C)cc1. The van der Waals surface area contributed by atoms with Crippen molar-refractivity contribution in [1.82, 2.24) is 0 Å². The molecule has 33 heavy (non-hydrogen) atoms. The van der Waals surface area contributed by atoms with Crippen molar-refractivity contribution in [3.63, 3.8) is 0 Å². The minimum atomic E-state index is -0.756. The summed E-state index contributed by atoms with van der Waals surface area (Å²) in [6.45, 7) is 6.25. The fourth-order valence-corrected chi connectivity index (χ4v) is 4.35. The zero-order chi connectivity index (χ0) is 23.7. The minimum Gasteiger partial charge on any atom is -0.507 e. The van der Waals surface area contributed by atoms with Gasteiger partial charge in [-0.15, -0.1) is 0 Å². The van der Waals surface area contributed by atoms with E-state index >= 15 is 0 Å². The number of aryl methyl sites for hydroxylation is 2. The Morgan fingerprint density at radius 1 is 1.00 bits per heavy atom. The summed E-state index contributed by atoms with van der Waals surface area (Å²) in [6, 6.07) is 19.2. The number of aliphatic hydroxyl groups excluding tert-OH is 1. The molecule has 0 aliphatic carbocycles. The molecule has 0 saturated carbocycles. The van der Waals surface area contributed by atoms with E-state index in [-0.39, 0.29) is 11.3 Å². The number of hydrogen-bond donors (Lipinski definition) is 1. The van der Waals surface area contributed by atoms with Gasteiger partial charge in [0.05, 0.1) is 18.2 Å². The van der Waals surface area contributed by atoms with Crippen molar-refractivity contribution in [2.45, 2.75) is 26.8 Å². The Bertz CT molecular complexity index is 1260. The Labute approximate surface area is 201 Å². The third kappa shape index (κ3) is 4.18. The van der Waals surface area contributed by atoms with E-state index in [1.165, 1.54) is 4.90 Å². The molecule has 3 aromatic rings. The smallest absolute Gasteiger partial charge is 0.300 e. The molecule has 0 radical (unpaired) electrons. The highest BCUT2D eigenvalue weighted by Crippen LogP contribution is 2.43. The van der Waals surface area contributed by atoms with Gasteiger partial charge in [-0.05, 0) is 73.9 Å². The summed E-state index contributed by atoms with van der Waals surface area (Å²) >= 11 is 3.46. The maximum atomic E-state index is 13.3. The monoisotopic (exact) mass is 505 g/mol. The van der Waals surface area contributed by atoms with Crippen molar-refractivity contribution in [3.8, 4) is 5.75 Å². The number of nitrogens with zero attached hydrogens (tertiary/aromatic N) is 1. The van der Waals surface area contributed by atoms with Crippen LogP contribution in [0.3, 0.4) is 0 Å². The van der Waals surface area contributed by atoms with Crippen molar-refractivity contribution < 1.29 is 19.4 Å². The topological polar surface area (TPSA) is 66.8 Å². The summed E-state index contributed by atoms with van der Waals surface area (Å²) in [5.74, 6) is -0.903. The van der Waals surface area contributed by atoms with Crippen molar-refractivity contribution in [3.05, 3.63) is 99.0 Å². The van der Waals surface area contributed by atoms with Crippen molar-refractivity contribution in [2.24, 2.45) is 0 Å². The number of rotatable bonds is 5. The first-order valence-corrected chi connectivity index (χ1v) is 11.5. The second-order valence-electron chi connectivity index (χ2n) is 7.92. The number of halogens is 1. The van der Waals surface area contributed by atoms with Gasteiger partial charge >= 0.3 is 0 Å². The van der Waals surface area contributed by atoms with E-state index in [4.69, 9.17) is 4.74 Å². The van der Waals surface area contributed by atoms with Gasteiger partial charge in [-0.25, -0.2) is 0 Å². The van der Waals surface area contributed by atoms with Crippen LogP contribution in [0.1, 0.15) is 35.2 Å². The highest BCUT2D eigenvalue weighted by atomic mass is 79.9. The summed E-state index contributed by atoms with van der Waals surface area (Å²) < 4.78 is 6.41. The number of carbonyl (C=O) groups excluding carboxylic acids is 2. The number of ketones is 1. The van der Waals surface area contributed by atoms with E-state index in [1.807, 2.05) is 51.1 Å². The van der Waals surface area contributed by atoms with Gasteiger partial charge in [-0.2, -0.15) is 0 Å². The minimum absolute atomic E-state index is 0.0740. The number of anilines is 1. The van der Waals surface area contributed by atoms with Crippen LogP contribution in [0.15, 0.2) is 76.8 Å². The zero-order valence-electron chi connectivity index (χ0n) is 18.6. The molecule has 1 amide bonds. The second-order valence-corrected chi connectivity index (χ2v) is 8.77. The first kappa shape index (κ1) is 22.8. The fourth-order valence-electron chi connectivity index (χ4n) is 4.10. The van der Waals surface area contributed by atoms with E-state index < -0.39 is 17.7 Å². The number of benzene rings is 3. The maximum Gasteiger partial charge on any atom is 0.300 e. The van der Waals surface area contributed by atoms with Crippen LogP contribution in [0.5, 0.6) is 5.75 Å². The molecule has 1 saturated heterocycles. The quantitative estimate of drug-likeness (QED) is 0.258. The molecule has 1 heterocycles. The predicted molar refractivity (Wildman–Crippen MR) is 132 cm³/mol. The Morgan fingerprint density at radius 3 is 2.33 bits per heavy atom. The van der Waals surface area contributed by atoms with Gasteiger partial charge in [0.25, 0.3) is 11.7 Å².